The van der Waals surface area contributed by atoms with Crippen molar-refractivity contribution in [3.63, 3.8) is 0 Å². The number of rotatable bonds is 5. The third-order valence-corrected chi connectivity index (χ3v) is 2.64. The molecule has 1 amide bonds. The molecule has 0 atom stereocenters. The molecule has 0 aliphatic carbocycles. The van der Waals surface area contributed by atoms with Crippen LogP contribution < -0.4 is 10.6 Å². The molecule has 0 saturated carbocycles. The first-order valence-corrected chi connectivity index (χ1v) is 7.08. The summed E-state index contributed by atoms with van der Waals surface area (Å²) in [7, 11) is 0. The molecule has 114 valence electrons. The van der Waals surface area contributed by atoms with Gasteiger partial charge in [0, 0.05) is 13.1 Å². The lowest BCUT2D eigenvalue weighted by Crippen LogP contribution is -2.35. The molecule has 0 saturated heterocycles. The standard InChI is InChI=1S/C11H17N7O2S/c1-11(2,3)20-10(19)13-5-4-12-9-15-8(16-17-9)7-6-14-21-18-7/h6H,4-5H2,1-3H3,(H,13,19)(H2,12,15,16,17). The van der Waals surface area contributed by atoms with E-state index in [4.69, 9.17) is 4.74 Å². The Morgan fingerprint density at radius 1 is 1.43 bits per heavy atom. The Hall–Kier alpha value is -2.23. The number of amides is 1. The van der Waals surface area contributed by atoms with Crippen molar-refractivity contribution in [2.45, 2.75) is 26.4 Å². The van der Waals surface area contributed by atoms with E-state index in [1.165, 1.54) is 0 Å². The molecule has 0 bridgehead atoms. The first-order chi connectivity index (χ1) is 9.94. The van der Waals surface area contributed by atoms with Gasteiger partial charge in [0.2, 0.25) is 5.95 Å². The van der Waals surface area contributed by atoms with Crippen LogP contribution in [0.25, 0.3) is 11.5 Å². The van der Waals surface area contributed by atoms with Gasteiger partial charge in [0.25, 0.3) is 0 Å². The molecule has 2 aromatic heterocycles. The summed E-state index contributed by atoms with van der Waals surface area (Å²) in [6.45, 7) is 6.32. The van der Waals surface area contributed by atoms with Crippen LogP contribution in [0.2, 0.25) is 0 Å². The van der Waals surface area contributed by atoms with Gasteiger partial charge >= 0.3 is 6.09 Å². The normalized spacial score (nSPS) is 11.2. The van der Waals surface area contributed by atoms with E-state index < -0.39 is 11.7 Å². The number of ether oxygens (including phenoxy) is 1. The lowest BCUT2D eigenvalue weighted by Gasteiger charge is -2.19. The summed E-state index contributed by atoms with van der Waals surface area (Å²) in [4.78, 5) is 15.6. The van der Waals surface area contributed by atoms with E-state index in [0.29, 0.717) is 30.6 Å². The molecule has 0 unspecified atom stereocenters. The van der Waals surface area contributed by atoms with Crippen molar-refractivity contribution in [1.82, 2.24) is 29.2 Å². The maximum Gasteiger partial charge on any atom is 0.407 e. The molecule has 9 nitrogen and oxygen atoms in total. The molecule has 0 aliphatic heterocycles. The lowest BCUT2D eigenvalue weighted by molar-refractivity contribution is 0.0530. The maximum absolute atomic E-state index is 11.4. The summed E-state index contributed by atoms with van der Waals surface area (Å²) in [6, 6.07) is 0. The number of aromatic nitrogens is 5. The molecular weight excluding hydrogens is 294 g/mol. The van der Waals surface area contributed by atoms with Crippen LogP contribution in [0.5, 0.6) is 0 Å². The van der Waals surface area contributed by atoms with Crippen LogP contribution in [-0.2, 0) is 4.74 Å². The zero-order valence-corrected chi connectivity index (χ0v) is 12.8. The summed E-state index contributed by atoms with van der Waals surface area (Å²) in [5.41, 5.74) is 0.144. The summed E-state index contributed by atoms with van der Waals surface area (Å²) < 4.78 is 13.1. The maximum atomic E-state index is 11.4. The largest absolute Gasteiger partial charge is 0.444 e. The van der Waals surface area contributed by atoms with Crippen molar-refractivity contribution in [3.05, 3.63) is 6.20 Å². The minimum atomic E-state index is -0.502. The summed E-state index contributed by atoms with van der Waals surface area (Å²) in [6.07, 6.45) is 1.16. The molecule has 2 rings (SSSR count). The topological polar surface area (TPSA) is 118 Å². The summed E-state index contributed by atoms with van der Waals surface area (Å²) in [5, 5.41) is 12.4. The number of hydrogen-bond acceptors (Lipinski definition) is 8. The van der Waals surface area contributed by atoms with Gasteiger partial charge in [-0.3, -0.25) is 5.10 Å². The molecule has 0 fully saturated rings. The fourth-order valence-electron chi connectivity index (χ4n) is 1.38. The predicted octanol–water partition coefficient (Wildman–Crippen LogP) is 1.26. The first kappa shape index (κ1) is 15.2. The van der Waals surface area contributed by atoms with Gasteiger partial charge in [-0.05, 0) is 20.8 Å². The van der Waals surface area contributed by atoms with Gasteiger partial charge in [-0.25, -0.2) is 4.79 Å². The van der Waals surface area contributed by atoms with Crippen LogP contribution >= 0.6 is 11.7 Å². The average molecular weight is 311 g/mol. The molecular formula is C11H17N7O2S. The number of alkyl carbamates (subject to hydrolysis) is 1. The average Bonchev–Trinajstić information content (AvgIpc) is 3.03. The van der Waals surface area contributed by atoms with Gasteiger partial charge in [-0.1, -0.05) is 0 Å². The first-order valence-electron chi connectivity index (χ1n) is 6.35. The van der Waals surface area contributed by atoms with Crippen molar-refractivity contribution < 1.29 is 9.53 Å². The zero-order chi connectivity index (χ0) is 15.3. The van der Waals surface area contributed by atoms with E-state index in [1.807, 2.05) is 20.8 Å². The second kappa shape index (κ2) is 6.48. The Labute approximate surface area is 125 Å². The predicted molar refractivity (Wildman–Crippen MR) is 78.0 cm³/mol. The van der Waals surface area contributed by atoms with E-state index in [2.05, 4.69) is 34.6 Å². The van der Waals surface area contributed by atoms with Gasteiger partial charge in [0.1, 0.15) is 11.3 Å². The molecule has 0 aromatic carbocycles. The van der Waals surface area contributed by atoms with Crippen molar-refractivity contribution in [1.29, 1.82) is 0 Å². The van der Waals surface area contributed by atoms with E-state index in [0.717, 1.165) is 11.7 Å². The van der Waals surface area contributed by atoms with Gasteiger partial charge in [-0.15, -0.1) is 5.10 Å². The van der Waals surface area contributed by atoms with Gasteiger partial charge in [0.15, 0.2) is 5.82 Å². The Bertz CT molecular complexity index is 576. The molecule has 10 heteroatoms. The van der Waals surface area contributed by atoms with Crippen molar-refractivity contribution in [3.8, 4) is 11.5 Å². The van der Waals surface area contributed by atoms with Crippen LogP contribution in [0.4, 0.5) is 10.7 Å². The SMILES string of the molecule is CC(C)(C)OC(=O)NCCNc1n[nH]c(-c2cnsn2)n1. The molecule has 0 spiro atoms. The lowest BCUT2D eigenvalue weighted by atomic mass is 10.2. The van der Waals surface area contributed by atoms with Crippen LogP contribution in [0, 0.1) is 0 Å². The Balaban J connectivity index is 1.71. The van der Waals surface area contributed by atoms with E-state index in [1.54, 1.807) is 6.20 Å². The number of anilines is 1. The molecule has 2 aromatic rings. The Morgan fingerprint density at radius 3 is 2.90 bits per heavy atom. The number of hydrogen-bond donors (Lipinski definition) is 3. The number of H-pyrrole nitrogens is 1. The van der Waals surface area contributed by atoms with Crippen molar-refractivity contribution in [2.24, 2.45) is 0 Å². The molecule has 2 heterocycles. The highest BCUT2D eigenvalue weighted by atomic mass is 32.1. The third-order valence-electron chi connectivity index (χ3n) is 2.17. The minimum Gasteiger partial charge on any atom is -0.444 e. The Kier molecular flexibility index (Phi) is 4.68. The Morgan fingerprint density at radius 2 is 2.24 bits per heavy atom. The summed E-state index contributed by atoms with van der Waals surface area (Å²) in [5.74, 6) is 0.982. The summed E-state index contributed by atoms with van der Waals surface area (Å²) >= 11 is 1.10. The van der Waals surface area contributed by atoms with E-state index in [-0.39, 0.29) is 0 Å². The molecule has 0 radical (unpaired) electrons. The number of nitrogens with one attached hydrogen (secondary N) is 3. The monoisotopic (exact) mass is 311 g/mol. The quantitative estimate of drug-likeness (QED) is 0.711. The number of carbonyl (C=O) groups excluding carboxylic acids is 1. The minimum absolute atomic E-state index is 0.400. The fourth-order valence-corrected chi connectivity index (χ4v) is 1.79. The molecule has 0 aliphatic rings. The zero-order valence-electron chi connectivity index (χ0n) is 12.0. The van der Waals surface area contributed by atoms with Gasteiger partial charge in [-0.2, -0.15) is 13.7 Å². The van der Waals surface area contributed by atoms with Crippen LogP contribution in [-0.4, -0.2) is 48.7 Å². The second-order valence-electron chi connectivity index (χ2n) is 5.16. The van der Waals surface area contributed by atoms with Crippen LogP contribution in [0.1, 0.15) is 20.8 Å². The van der Waals surface area contributed by atoms with Crippen LogP contribution in [0.15, 0.2) is 6.20 Å². The molecule has 21 heavy (non-hydrogen) atoms. The second-order valence-corrected chi connectivity index (χ2v) is 5.71. The van der Waals surface area contributed by atoms with E-state index >= 15 is 0 Å². The number of carbonyl (C=O) groups is 1. The molecule has 3 N–H and O–H groups in total. The highest BCUT2D eigenvalue weighted by Gasteiger charge is 2.15. The number of aromatic amines is 1. The van der Waals surface area contributed by atoms with Crippen molar-refractivity contribution in [2.75, 3.05) is 18.4 Å². The van der Waals surface area contributed by atoms with Crippen molar-refractivity contribution >= 4 is 23.8 Å². The third kappa shape index (κ3) is 4.99. The van der Waals surface area contributed by atoms with E-state index in [9.17, 15) is 4.79 Å². The number of nitrogens with zero attached hydrogens (tertiary/aromatic N) is 4. The highest BCUT2D eigenvalue weighted by molar-refractivity contribution is 6.99. The van der Waals surface area contributed by atoms with Gasteiger partial charge < -0.3 is 15.4 Å². The van der Waals surface area contributed by atoms with Gasteiger partial charge in [0.05, 0.1) is 17.9 Å². The van der Waals surface area contributed by atoms with Crippen LogP contribution in [0.3, 0.4) is 0 Å². The highest BCUT2D eigenvalue weighted by Crippen LogP contribution is 2.12. The fraction of sp³-hybridized carbons (Fsp3) is 0.545. The smallest absolute Gasteiger partial charge is 0.407 e.